The third-order valence-electron chi connectivity index (χ3n) is 8.23. The fourth-order valence-electron chi connectivity index (χ4n) is 6.09. The highest BCUT2D eigenvalue weighted by atomic mass is 35.5. The van der Waals surface area contributed by atoms with E-state index in [1.54, 1.807) is 36.6 Å². The standard InChI is InChI=1S/C35H37ClN6O/c1-3-16-38-24(2)39-17-4-6-27-21-28-7-5-18-40-34(28)33(31-13-10-29(36)22-32(27)31)26-14-19-42(20-15-26)35(43)41-30-11-8-25(23-37)9-12-30/h3,5,7-13,16,18,21-22,24,26,33,39H,1,4,6,14-15,17,19-20H2,2H3,(H,41,43)/b38-16-. The van der Waals surface area contributed by atoms with E-state index in [0.29, 0.717) is 30.3 Å². The zero-order valence-corrected chi connectivity index (χ0v) is 25.2. The van der Waals surface area contributed by atoms with Gasteiger partial charge >= 0.3 is 6.03 Å². The molecule has 2 unspecified atom stereocenters. The van der Waals surface area contributed by atoms with Gasteiger partial charge in [0.05, 0.1) is 23.5 Å². The van der Waals surface area contributed by atoms with E-state index in [1.807, 2.05) is 30.2 Å². The first-order valence-electron chi connectivity index (χ1n) is 14.9. The van der Waals surface area contributed by atoms with Gasteiger partial charge in [-0.15, -0.1) is 0 Å². The highest BCUT2D eigenvalue weighted by molar-refractivity contribution is 6.30. The second-order valence-electron chi connectivity index (χ2n) is 11.1. The first kappa shape index (κ1) is 30.2. The molecule has 1 aliphatic heterocycles. The topological polar surface area (TPSA) is 93.4 Å². The number of carbonyl (C=O) groups is 1. The minimum absolute atomic E-state index is 0.0363. The van der Waals surface area contributed by atoms with Crippen molar-refractivity contribution < 1.29 is 4.79 Å². The number of allylic oxidation sites excluding steroid dienone is 2. The number of aromatic nitrogens is 1. The SMILES string of the molecule is C=C/C=N\C(C)NCCCC1=Cc2cccnc2C(C2CCN(C(=O)Nc3ccc(C#N)cc3)CC2)c2ccc(Cl)cc21. The number of nitriles is 1. The number of hydrogen-bond donors (Lipinski definition) is 2. The molecule has 2 N–H and O–H groups in total. The number of nitrogens with one attached hydrogen (secondary N) is 2. The molecule has 0 bridgehead atoms. The number of amides is 2. The van der Waals surface area contributed by atoms with Crippen LogP contribution >= 0.6 is 11.6 Å². The van der Waals surface area contributed by atoms with Crippen LogP contribution in [0.4, 0.5) is 10.5 Å². The summed E-state index contributed by atoms with van der Waals surface area (Å²) in [5.41, 5.74) is 7.19. The van der Waals surface area contributed by atoms with Crippen LogP contribution in [0.15, 0.2) is 78.4 Å². The van der Waals surface area contributed by atoms with Gasteiger partial charge in [-0.05, 0) is 116 Å². The average molecular weight is 593 g/mol. The zero-order valence-electron chi connectivity index (χ0n) is 24.5. The van der Waals surface area contributed by atoms with Crippen molar-refractivity contribution in [2.75, 3.05) is 25.0 Å². The van der Waals surface area contributed by atoms with E-state index in [-0.39, 0.29) is 18.1 Å². The molecular weight excluding hydrogens is 556 g/mol. The maximum absolute atomic E-state index is 13.1. The summed E-state index contributed by atoms with van der Waals surface area (Å²) in [4.78, 5) is 24.3. The van der Waals surface area contributed by atoms with Crippen molar-refractivity contribution in [3.05, 3.63) is 106 Å². The van der Waals surface area contributed by atoms with Gasteiger partial charge in [-0.3, -0.25) is 15.3 Å². The molecule has 1 fully saturated rings. The number of rotatable bonds is 9. The molecular formula is C35H37ClN6O. The summed E-state index contributed by atoms with van der Waals surface area (Å²) in [6.07, 6.45) is 11.2. The number of likely N-dealkylation sites (tertiary alicyclic amines) is 1. The highest BCUT2D eigenvalue weighted by Crippen LogP contribution is 2.45. The van der Waals surface area contributed by atoms with Crippen LogP contribution in [0.25, 0.3) is 11.6 Å². The van der Waals surface area contributed by atoms with Gasteiger partial charge in [0.15, 0.2) is 0 Å². The molecule has 5 rings (SSSR count). The number of hydrogen-bond acceptors (Lipinski definition) is 5. The maximum Gasteiger partial charge on any atom is 0.321 e. The molecule has 43 heavy (non-hydrogen) atoms. The molecule has 0 spiro atoms. The smallest absolute Gasteiger partial charge is 0.321 e. The summed E-state index contributed by atoms with van der Waals surface area (Å²) < 4.78 is 0. The van der Waals surface area contributed by atoms with Gasteiger partial charge in [-0.2, -0.15) is 5.26 Å². The second kappa shape index (κ2) is 14.3. The van der Waals surface area contributed by atoms with E-state index in [2.05, 4.69) is 52.5 Å². The van der Waals surface area contributed by atoms with E-state index < -0.39 is 0 Å². The van der Waals surface area contributed by atoms with Crippen molar-refractivity contribution in [3.63, 3.8) is 0 Å². The van der Waals surface area contributed by atoms with Gasteiger partial charge in [-0.1, -0.05) is 36.4 Å². The number of urea groups is 1. The zero-order chi connectivity index (χ0) is 30.2. The van der Waals surface area contributed by atoms with Crippen LogP contribution < -0.4 is 10.6 Å². The minimum Gasteiger partial charge on any atom is -0.325 e. The highest BCUT2D eigenvalue weighted by Gasteiger charge is 2.35. The molecule has 2 amide bonds. The van der Waals surface area contributed by atoms with Gasteiger partial charge < -0.3 is 10.2 Å². The van der Waals surface area contributed by atoms with Crippen LogP contribution in [0.3, 0.4) is 0 Å². The molecule has 7 nitrogen and oxygen atoms in total. The Labute approximate surface area is 259 Å². The van der Waals surface area contributed by atoms with Gasteiger partial charge in [0.1, 0.15) is 0 Å². The third kappa shape index (κ3) is 7.40. The Kier molecular flexibility index (Phi) is 10.0. The van der Waals surface area contributed by atoms with Crippen molar-refractivity contribution in [1.82, 2.24) is 15.2 Å². The molecule has 8 heteroatoms. The van der Waals surface area contributed by atoms with Crippen LogP contribution in [0.2, 0.25) is 5.02 Å². The lowest BCUT2D eigenvalue weighted by Gasteiger charge is -2.36. The minimum atomic E-state index is -0.114. The van der Waals surface area contributed by atoms with Crippen molar-refractivity contribution in [2.24, 2.45) is 10.9 Å². The summed E-state index contributed by atoms with van der Waals surface area (Å²) in [5.74, 6) is 0.429. The van der Waals surface area contributed by atoms with Crippen molar-refractivity contribution in [1.29, 1.82) is 5.26 Å². The van der Waals surface area contributed by atoms with Crippen LogP contribution in [-0.2, 0) is 0 Å². The monoisotopic (exact) mass is 592 g/mol. The number of nitrogens with zero attached hydrogens (tertiary/aromatic N) is 4. The van der Waals surface area contributed by atoms with Crippen LogP contribution in [-0.4, -0.2) is 47.9 Å². The van der Waals surface area contributed by atoms with Gasteiger partial charge in [-0.25, -0.2) is 4.79 Å². The quantitative estimate of drug-likeness (QED) is 0.199. The molecule has 2 atom stereocenters. The summed E-state index contributed by atoms with van der Waals surface area (Å²) in [7, 11) is 0. The summed E-state index contributed by atoms with van der Waals surface area (Å²) in [6, 6.07) is 19.4. The van der Waals surface area contributed by atoms with Crippen molar-refractivity contribution >= 4 is 41.2 Å². The Morgan fingerprint density at radius 2 is 2.02 bits per heavy atom. The fourth-order valence-corrected chi connectivity index (χ4v) is 6.26. The number of fused-ring (bicyclic) bond motifs is 2. The normalized spacial score (nSPS) is 17.3. The number of carbonyl (C=O) groups excluding carboxylic acids is 1. The van der Waals surface area contributed by atoms with Gasteiger partial charge in [0.2, 0.25) is 0 Å². The van der Waals surface area contributed by atoms with Crippen LogP contribution in [0.1, 0.15) is 66.5 Å². The van der Waals surface area contributed by atoms with Gasteiger partial charge in [0, 0.05) is 42.1 Å². The molecule has 1 aromatic heterocycles. The molecule has 1 saturated heterocycles. The Balaban J connectivity index is 1.33. The number of pyridine rings is 1. The second-order valence-corrected chi connectivity index (χ2v) is 11.5. The Hall–Kier alpha value is -4.25. The van der Waals surface area contributed by atoms with E-state index in [4.69, 9.17) is 21.8 Å². The molecule has 1 aliphatic carbocycles. The molecule has 2 aliphatic rings. The fraction of sp³-hybridized carbons (Fsp3) is 0.314. The molecule has 0 radical (unpaired) electrons. The lowest BCUT2D eigenvalue weighted by molar-refractivity contribution is 0.177. The first-order chi connectivity index (χ1) is 21.0. The molecule has 0 saturated carbocycles. The molecule has 220 valence electrons. The Morgan fingerprint density at radius 3 is 2.77 bits per heavy atom. The van der Waals surface area contributed by atoms with E-state index >= 15 is 0 Å². The predicted octanol–water partition coefficient (Wildman–Crippen LogP) is 7.51. The van der Waals surface area contributed by atoms with Crippen LogP contribution in [0, 0.1) is 17.2 Å². The number of halogens is 1. The lowest BCUT2D eigenvalue weighted by atomic mass is 9.76. The summed E-state index contributed by atoms with van der Waals surface area (Å²) >= 11 is 6.58. The molecule has 3 aromatic rings. The third-order valence-corrected chi connectivity index (χ3v) is 8.47. The number of anilines is 1. The average Bonchev–Trinajstić information content (AvgIpc) is 3.16. The van der Waals surface area contributed by atoms with Crippen molar-refractivity contribution in [2.45, 2.75) is 44.7 Å². The lowest BCUT2D eigenvalue weighted by Crippen LogP contribution is -2.42. The molecule has 2 aromatic carbocycles. The Morgan fingerprint density at radius 1 is 1.23 bits per heavy atom. The summed E-state index contributed by atoms with van der Waals surface area (Å²) in [5, 5.41) is 16.2. The van der Waals surface area contributed by atoms with Gasteiger partial charge in [0.25, 0.3) is 0 Å². The maximum atomic E-state index is 13.1. The van der Waals surface area contributed by atoms with Crippen LogP contribution in [0.5, 0.6) is 0 Å². The first-order valence-corrected chi connectivity index (χ1v) is 15.2. The van der Waals surface area contributed by atoms with E-state index in [0.717, 1.165) is 48.5 Å². The Bertz CT molecular complexity index is 1550. The van der Waals surface area contributed by atoms with E-state index in [1.165, 1.54) is 16.7 Å². The number of piperidine rings is 1. The largest absolute Gasteiger partial charge is 0.325 e. The number of benzene rings is 2. The summed E-state index contributed by atoms with van der Waals surface area (Å²) in [6.45, 7) is 7.89. The van der Waals surface area contributed by atoms with E-state index in [9.17, 15) is 4.79 Å². The van der Waals surface area contributed by atoms with Crippen molar-refractivity contribution in [3.8, 4) is 6.07 Å². The molecule has 2 heterocycles. The number of aliphatic imine (C=N–C) groups is 1. The predicted molar refractivity (Wildman–Crippen MR) is 175 cm³/mol.